The summed E-state index contributed by atoms with van der Waals surface area (Å²) in [6, 6.07) is 14.7. The third-order valence-electron chi connectivity index (χ3n) is 12.4. The van der Waals surface area contributed by atoms with Gasteiger partial charge in [0.15, 0.2) is 13.9 Å². The van der Waals surface area contributed by atoms with Crippen LogP contribution in [0.1, 0.15) is 84.9 Å². The maximum absolute atomic E-state index is 14.3. The topological polar surface area (TPSA) is 235 Å². The maximum Gasteiger partial charge on any atom is 0.288 e. The van der Waals surface area contributed by atoms with Gasteiger partial charge in [-0.1, -0.05) is 110 Å². The van der Waals surface area contributed by atoms with Crippen LogP contribution in [0.3, 0.4) is 0 Å². The SMILES string of the molecule is CC[C@@H](C)C(=O)C(=O)N[C@H]1Cc2ccc(OCc3ccccc3)c(c2)-c2cccc3c2NC(=O)[C@@]3(O)[C@H](O)[C@@H](CO[Si](C(C)C)(C(C)C)C(C)C)NC(=O)[C@H](CC(N)=O)NC1=O. The van der Waals surface area contributed by atoms with Crippen LogP contribution in [0.25, 0.3) is 11.1 Å². The highest BCUT2D eigenvalue weighted by Gasteiger charge is 2.55. The summed E-state index contributed by atoms with van der Waals surface area (Å²) in [6.07, 6.45) is -2.57. The largest absolute Gasteiger partial charge is 0.488 e. The molecule has 0 aromatic heterocycles. The quantitative estimate of drug-likeness (QED) is 0.0852. The molecule has 2 heterocycles. The van der Waals surface area contributed by atoms with E-state index in [1.165, 1.54) is 6.07 Å². The number of aliphatic hydroxyl groups excluding tert-OH is 1. The van der Waals surface area contributed by atoms with E-state index in [0.29, 0.717) is 28.9 Å². The third kappa shape index (κ3) is 9.78. The molecule has 62 heavy (non-hydrogen) atoms. The number of nitrogens with two attached hydrogens (primary N) is 1. The maximum atomic E-state index is 14.3. The van der Waals surface area contributed by atoms with E-state index in [2.05, 4.69) is 21.3 Å². The molecule has 5 rings (SSSR count). The van der Waals surface area contributed by atoms with E-state index < -0.39 is 85.8 Å². The van der Waals surface area contributed by atoms with E-state index in [-0.39, 0.29) is 47.5 Å². The summed E-state index contributed by atoms with van der Waals surface area (Å²) in [6.45, 7) is 15.4. The van der Waals surface area contributed by atoms with Crippen LogP contribution in [0.4, 0.5) is 5.69 Å². The predicted octanol–water partition coefficient (Wildman–Crippen LogP) is 4.13. The summed E-state index contributed by atoms with van der Waals surface area (Å²) in [5.41, 5.74) is 5.52. The Morgan fingerprint density at radius 2 is 1.55 bits per heavy atom. The molecule has 0 radical (unpaired) electrons. The second-order valence-electron chi connectivity index (χ2n) is 17.4. The number of hydrogen-bond acceptors (Lipinski definition) is 10. The molecular formula is C46H61N5O10Si. The minimum absolute atomic E-state index is 0.0222. The zero-order valence-corrected chi connectivity index (χ0v) is 37.7. The van der Waals surface area contributed by atoms with Crippen molar-refractivity contribution in [2.45, 2.75) is 128 Å². The molecule has 2 aliphatic heterocycles. The molecule has 334 valence electrons. The Hall–Kier alpha value is -5.42. The standard InChI is InChI=1S/C46H61N5O10Si/c1-9-28(8)40(53)44(57)49-34-21-30-18-19-37(60-23-29-14-11-10-12-15-29)32(20-30)31-16-13-17-33-39(31)51-45(58)46(33,59)41(54)36(24-61-62(25(2)3,26(4)5)27(6)7)50-43(56)35(22-38(47)52)48-42(34)55/h10-20,25-28,34-36,41,54,59H,9,21-24H2,1-8H3,(H2,47,52)(H,48,55)(H,49,57)(H,50,56)(H,51,58)/t28-,34+,35+,36-,41-,46+/m1/s1. The summed E-state index contributed by atoms with van der Waals surface area (Å²) >= 11 is 0. The van der Waals surface area contributed by atoms with Gasteiger partial charge in [0.2, 0.25) is 23.5 Å². The number of primary amides is 1. The lowest BCUT2D eigenvalue weighted by Crippen LogP contribution is -2.63. The zero-order valence-electron chi connectivity index (χ0n) is 36.7. The van der Waals surface area contributed by atoms with Crippen molar-refractivity contribution < 1.29 is 48.1 Å². The van der Waals surface area contributed by atoms with Crippen LogP contribution >= 0.6 is 0 Å². The van der Waals surface area contributed by atoms with E-state index in [1.807, 2.05) is 71.9 Å². The first-order chi connectivity index (χ1) is 29.3. The van der Waals surface area contributed by atoms with E-state index in [4.69, 9.17) is 14.9 Å². The van der Waals surface area contributed by atoms with Gasteiger partial charge in [-0.3, -0.25) is 28.8 Å². The van der Waals surface area contributed by atoms with Gasteiger partial charge in [0, 0.05) is 29.0 Å². The first-order valence-electron chi connectivity index (χ1n) is 21.3. The fourth-order valence-electron chi connectivity index (χ4n) is 8.92. The van der Waals surface area contributed by atoms with Crippen LogP contribution in [-0.2, 0) is 51.8 Å². The number of para-hydroxylation sites is 1. The Balaban J connectivity index is 1.72. The average Bonchev–Trinajstić information content (AvgIpc) is 3.50. The predicted molar refractivity (Wildman–Crippen MR) is 236 cm³/mol. The molecule has 0 aliphatic carbocycles. The van der Waals surface area contributed by atoms with E-state index >= 15 is 0 Å². The lowest BCUT2D eigenvalue weighted by Gasteiger charge is -2.44. The molecule has 6 bridgehead atoms. The average molecular weight is 872 g/mol. The second-order valence-corrected chi connectivity index (χ2v) is 22.8. The molecule has 0 fully saturated rings. The molecular weight excluding hydrogens is 811 g/mol. The van der Waals surface area contributed by atoms with Gasteiger partial charge in [0.05, 0.1) is 24.8 Å². The molecule has 5 amide bonds. The van der Waals surface area contributed by atoms with Gasteiger partial charge in [-0.05, 0) is 46.3 Å². The number of carbonyl (C=O) groups is 6. The normalized spacial score (nSPS) is 22.2. The van der Waals surface area contributed by atoms with Crippen molar-refractivity contribution in [3.8, 4) is 16.9 Å². The number of hydrogen-bond donors (Lipinski definition) is 7. The minimum Gasteiger partial charge on any atom is -0.488 e. The molecule has 6 atom stereocenters. The van der Waals surface area contributed by atoms with Crippen LogP contribution in [0, 0.1) is 5.92 Å². The highest BCUT2D eigenvalue weighted by molar-refractivity contribution is 6.77. The Labute approximate surface area is 364 Å². The van der Waals surface area contributed by atoms with Crippen LogP contribution in [0.15, 0.2) is 66.7 Å². The van der Waals surface area contributed by atoms with Crippen LogP contribution < -0.4 is 31.7 Å². The van der Waals surface area contributed by atoms with Gasteiger partial charge in [0.1, 0.15) is 30.5 Å². The fourth-order valence-corrected chi connectivity index (χ4v) is 14.4. The Morgan fingerprint density at radius 3 is 2.16 bits per heavy atom. The molecule has 8 N–H and O–H groups in total. The third-order valence-corrected chi connectivity index (χ3v) is 18.5. The summed E-state index contributed by atoms with van der Waals surface area (Å²) in [5, 5.41) is 35.4. The lowest BCUT2D eigenvalue weighted by atomic mass is 9.84. The van der Waals surface area contributed by atoms with Gasteiger partial charge in [-0.2, -0.15) is 0 Å². The highest BCUT2D eigenvalue weighted by Crippen LogP contribution is 2.47. The Bertz CT molecular complexity index is 2140. The number of rotatable bonds is 15. The summed E-state index contributed by atoms with van der Waals surface area (Å²) in [5.74, 6) is -5.85. The molecule has 0 saturated carbocycles. The molecule has 0 saturated heterocycles. The van der Waals surface area contributed by atoms with Crippen molar-refractivity contribution in [3.63, 3.8) is 0 Å². The Kier molecular flexibility index (Phi) is 15.2. The first-order valence-corrected chi connectivity index (χ1v) is 23.4. The first kappa shape index (κ1) is 47.6. The molecule has 16 heteroatoms. The van der Waals surface area contributed by atoms with Crippen molar-refractivity contribution in [2.75, 3.05) is 11.9 Å². The van der Waals surface area contributed by atoms with Crippen molar-refractivity contribution in [1.29, 1.82) is 0 Å². The van der Waals surface area contributed by atoms with Crippen LogP contribution in [0.2, 0.25) is 16.6 Å². The Morgan fingerprint density at radius 1 is 0.887 bits per heavy atom. The van der Waals surface area contributed by atoms with E-state index in [9.17, 15) is 39.0 Å². The van der Waals surface area contributed by atoms with Crippen molar-refractivity contribution in [1.82, 2.24) is 16.0 Å². The van der Waals surface area contributed by atoms with Crippen molar-refractivity contribution in [3.05, 3.63) is 83.4 Å². The smallest absolute Gasteiger partial charge is 0.288 e. The number of aliphatic hydroxyl groups is 2. The monoisotopic (exact) mass is 871 g/mol. The number of ketones is 1. The number of ether oxygens (including phenoxy) is 1. The molecule has 3 aromatic rings. The van der Waals surface area contributed by atoms with Crippen molar-refractivity contribution in [2.24, 2.45) is 11.7 Å². The molecule has 0 spiro atoms. The van der Waals surface area contributed by atoms with Gasteiger partial charge >= 0.3 is 0 Å². The van der Waals surface area contributed by atoms with Gasteiger partial charge in [-0.15, -0.1) is 0 Å². The summed E-state index contributed by atoms with van der Waals surface area (Å²) in [7, 11) is -2.73. The molecule has 15 nitrogen and oxygen atoms in total. The number of Topliss-reactive ketones (excluding diaryl/α,β-unsaturated/α-hetero) is 1. The van der Waals surface area contributed by atoms with E-state index in [0.717, 1.165) is 5.56 Å². The summed E-state index contributed by atoms with van der Waals surface area (Å²) < 4.78 is 13.2. The molecule has 2 aliphatic rings. The minimum atomic E-state index is -2.73. The number of amides is 5. The van der Waals surface area contributed by atoms with Gasteiger partial charge < -0.3 is 46.4 Å². The zero-order chi connectivity index (χ0) is 45.7. The molecule has 0 unspecified atom stereocenters. The van der Waals surface area contributed by atoms with E-state index in [1.54, 1.807) is 44.2 Å². The summed E-state index contributed by atoms with van der Waals surface area (Å²) in [4.78, 5) is 81.7. The second kappa shape index (κ2) is 19.7. The van der Waals surface area contributed by atoms with Crippen LogP contribution in [0.5, 0.6) is 5.75 Å². The number of anilines is 1. The number of fused-ring (bicyclic) bond motifs is 3. The number of nitrogens with one attached hydrogen (secondary N) is 4. The van der Waals surface area contributed by atoms with Gasteiger partial charge in [0.25, 0.3) is 11.8 Å². The lowest BCUT2D eigenvalue weighted by molar-refractivity contribution is -0.153. The fraction of sp³-hybridized carbons (Fsp3) is 0.478. The highest BCUT2D eigenvalue weighted by atomic mass is 28.4. The number of benzene rings is 3. The van der Waals surface area contributed by atoms with Gasteiger partial charge in [-0.25, -0.2) is 0 Å². The van der Waals surface area contributed by atoms with Crippen molar-refractivity contribution >= 4 is 49.3 Å². The molecule has 3 aromatic carbocycles. The number of carbonyl (C=O) groups excluding carboxylic acids is 6. The van der Waals surface area contributed by atoms with Crippen LogP contribution in [-0.4, -0.2) is 84.7 Å².